The summed E-state index contributed by atoms with van der Waals surface area (Å²) in [4.78, 5) is 15.4. The topological polar surface area (TPSA) is 107 Å². The van der Waals surface area contributed by atoms with E-state index < -0.39 is 0 Å². The van der Waals surface area contributed by atoms with Crippen LogP contribution in [-0.4, -0.2) is 45.1 Å². The Kier molecular flexibility index (Phi) is 3.13. The minimum Gasteiger partial charge on any atom is -0.356 e. The van der Waals surface area contributed by atoms with Crippen molar-refractivity contribution in [2.24, 2.45) is 4.99 Å². The summed E-state index contributed by atoms with van der Waals surface area (Å²) in [6.45, 7) is 3.31. The second-order valence-corrected chi connectivity index (χ2v) is 4.33. The van der Waals surface area contributed by atoms with Crippen molar-refractivity contribution in [1.29, 1.82) is 5.41 Å². The molecule has 2 aromatic heterocycles. The molecular formula is C11H16N8. The molecule has 0 radical (unpaired) electrons. The summed E-state index contributed by atoms with van der Waals surface area (Å²) in [5, 5.41) is 14.4. The standard InChI is InChI=1S/C11H16N8/c12-9-8-10(17-6-16-8)18-7-19(9)5-1-2-13-11-14-3-4-15-11/h6-7,12H,1-5H2,(H,16,17)(H2,13,14,15). The number of hydrogen-bond acceptors (Lipinski definition) is 6. The van der Waals surface area contributed by atoms with Crippen molar-refractivity contribution in [3.05, 3.63) is 18.1 Å². The van der Waals surface area contributed by atoms with Crippen LogP contribution in [-0.2, 0) is 6.54 Å². The van der Waals surface area contributed by atoms with Gasteiger partial charge in [-0.05, 0) is 6.42 Å². The lowest BCUT2D eigenvalue weighted by Crippen LogP contribution is -2.35. The third-order valence-electron chi connectivity index (χ3n) is 3.01. The van der Waals surface area contributed by atoms with E-state index in [1.807, 2.05) is 4.57 Å². The van der Waals surface area contributed by atoms with Crippen molar-refractivity contribution in [3.63, 3.8) is 0 Å². The Morgan fingerprint density at radius 2 is 2.37 bits per heavy atom. The molecule has 8 nitrogen and oxygen atoms in total. The highest BCUT2D eigenvalue weighted by Gasteiger charge is 2.04. The number of H-pyrrole nitrogens is 1. The summed E-state index contributed by atoms with van der Waals surface area (Å²) in [5.74, 6) is 0.873. The van der Waals surface area contributed by atoms with Crippen molar-refractivity contribution in [3.8, 4) is 0 Å². The van der Waals surface area contributed by atoms with Crippen LogP contribution in [0.3, 0.4) is 0 Å². The first-order chi connectivity index (χ1) is 9.34. The number of hydrogen-bond donors (Lipinski definition) is 4. The first-order valence-electron chi connectivity index (χ1n) is 6.30. The fraction of sp³-hybridized carbons (Fsp3) is 0.455. The number of aromatic amines is 1. The number of guanidine groups is 1. The van der Waals surface area contributed by atoms with Gasteiger partial charge in [-0.25, -0.2) is 9.97 Å². The molecule has 0 amide bonds. The molecule has 1 aliphatic rings. The Morgan fingerprint density at radius 1 is 1.42 bits per heavy atom. The minimum absolute atomic E-state index is 0.416. The molecule has 0 spiro atoms. The summed E-state index contributed by atoms with van der Waals surface area (Å²) >= 11 is 0. The summed E-state index contributed by atoms with van der Waals surface area (Å²) < 4.78 is 1.81. The molecule has 0 saturated carbocycles. The van der Waals surface area contributed by atoms with E-state index in [9.17, 15) is 0 Å². The van der Waals surface area contributed by atoms with Crippen LogP contribution < -0.4 is 16.1 Å². The van der Waals surface area contributed by atoms with Gasteiger partial charge in [0.25, 0.3) is 0 Å². The number of rotatable bonds is 4. The SMILES string of the molecule is N=c1c2[nH]cnc2ncn1CCCNC1=NCCN1. The highest BCUT2D eigenvalue weighted by atomic mass is 15.2. The third kappa shape index (κ3) is 2.42. The number of aromatic nitrogens is 4. The Hall–Kier alpha value is -2.38. The van der Waals surface area contributed by atoms with Crippen molar-refractivity contribution in [2.45, 2.75) is 13.0 Å². The zero-order chi connectivity index (χ0) is 13.1. The molecule has 0 atom stereocenters. The Bertz CT molecular complexity index is 652. The number of aryl methyl sites for hydroxylation is 1. The van der Waals surface area contributed by atoms with Gasteiger partial charge in [-0.2, -0.15) is 0 Å². The van der Waals surface area contributed by atoms with Gasteiger partial charge < -0.3 is 20.2 Å². The second kappa shape index (κ2) is 5.09. The summed E-state index contributed by atoms with van der Waals surface area (Å²) in [5.41, 5.74) is 1.68. The summed E-state index contributed by atoms with van der Waals surface area (Å²) in [6, 6.07) is 0. The molecule has 3 rings (SSSR count). The average Bonchev–Trinajstić information content (AvgIpc) is 3.08. The van der Waals surface area contributed by atoms with Gasteiger partial charge in [0, 0.05) is 19.6 Å². The maximum Gasteiger partial charge on any atom is 0.191 e. The molecule has 0 aliphatic carbocycles. The van der Waals surface area contributed by atoms with Gasteiger partial charge in [0.15, 0.2) is 17.1 Å². The van der Waals surface area contributed by atoms with Crippen LogP contribution in [0.4, 0.5) is 0 Å². The van der Waals surface area contributed by atoms with Gasteiger partial charge in [-0.3, -0.25) is 10.4 Å². The second-order valence-electron chi connectivity index (χ2n) is 4.33. The molecule has 100 valence electrons. The van der Waals surface area contributed by atoms with Crippen LogP contribution in [0, 0.1) is 5.41 Å². The predicted molar refractivity (Wildman–Crippen MR) is 70.7 cm³/mol. The minimum atomic E-state index is 0.416. The van der Waals surface area contributed by atoms with Crippen LogP contribution in [0.25, 0.3) is 11.2 Å². The fourth-order valence-corrected chi connectivity index (χ4v) is 2.03. The predicted octanol–water partition coefficient (Wildman–Crippen LogP) is -0.822. The number of nitrogens with zero attached hydrogens (tertiary/aromatic N) is 4. The van der Waals surface area contributed by atoms with Gasteiger partial charge in [0.2, 0.25) is 0 Å². The van der Waals surface area contributed by atoms with E-state index in [4.69, 9.17) is 5.41 Å². The molecule has 8 heteroatoms. The van der Waals surface area contributed by atoms with E-state index in [1.165, 1.54) is 0 Å². The quantitative estimate of drug-likeness (QED) is 0.539. The van der Waals surface area contributed by atoms with Crippen LogP contribution in [0.1, 0.15) is 6.42 Å². The zero-order valence-corrected chi connectivity index (χ0v) is 10.5. The molecule has 0 unspecified atom stereocenters. The molecule has 2 aromatic rings. The van der Waals surface area contributed by atoms with E-state index in [0.717, 1.165) is 38.6 Å². The molecular weight excluding hydrogens is 244 g/mol. The monoisotopic (exact) mass is 260 g/mol. The van der Waals surface area contributed by atoms with Gasteiger partial charge >= 0.3 is 0 Å². The molecule has 0 aromatic carbocycles. The summed E-state index contributed by atoms with van der Waals surface area (Å²) in [6.07, 6.45) is 4.13. The van der Waals surface area contributed by atoms with E-state index in [2.05, 4.69) is 30.6 Å². The maximum absolute atomic E-state index is 8.05. The number of imidazole rings is 1. The highest BCUT2D eigenvalue weighted by molar-refractivity contribution is 5.81. The number of aliphatic imine (C=N–C) groups is 1. The van der Waals surface area contributed by atoms with Gasteiger partial charge in [0.1, 0.15) is 5.52 Å². The third-order valence-corrected chi connectivity index (χ3v) is 3.01. The largest absolute Gasteiger partial charge is 0.356 e. The molecule has 0 saturated heterocycles. The molecule has 0 bridgehead atoms. The lowest BCUT2D eigenvalue weighted by molar-refractivity contribution is 0.595. The van der Waals surface area contributed by atoms with E-state index in [0.29, 0.717) is 16.7 Å². The van der Waals surface area contributed by atoms with E-state index in [-0.39, 0.29) is 0 Å². The smallest absolute Gasteiger partial charge is 0.191 e. The zero-order valence-electron chi connectivity index (χ0n) is 10.5. The lowest BCUT2D eigenvalue weighted by Gasteiger charge is -2.08. The van der Waals surface area contributed by atoms with Crippen molar-refractivity contribution < 1.29 is 0 Å². The Labute approximate surface area is 109 Å². The Balaban J connectivity index is 1.59. The van der Waals surface area contributed by atoms with Crippen molar-refractivity contribution in [1.82, 2.24) is 30.2 Å². The number of nitrogens with one attached hydrogen (secondary N) is 4. The van der Waals surface area contributed by atoms with E-state index >= 15 is 0 Å². The van der Waals surface area contributed by atoms with Crippen LogP contribution in [0.15, 0.2) is 17.6 Å². The normalized spacial score (nSPS) is 14.4. The first-order valence-corrected chi connectivity index (χ1v) is 6.30. The van der Waals surface area contributed by atoms with Crippen molar-refractivity contribution in [2.75, 3.05) is 19.6 Å². The maximum atomic E-state index is 8.05. The highest BCUT2D eigenvalue weighted by Crippen LogP contribution is 1.98. The molecule has 4 N–H and O–H groups in total. The van der Waals surface area contributed by atoms with Crippen LogP contribution in [0.2, 0.25) is 0 Å². The van der Waals surface area contributed by atoms with Gasteiger partial charge in [-0.1, -0.05) is 0 Å². The van der Waals surface area contributed by atoms with Crippen LogP contribution >= 0.6 is 0 Å². The molecule has 0 fully saturated rings. The number of fused-ring (bicyclic) bond motifs is 1. The Morgan fingerprint density at radius 3 is 3.21 bits per heavy atom. The van der Waals surface area contributed by atoms with Crippen molar-refractivity contribution >= 4 is 17.1 Å². The van der Waals surface area contributed by atoms with Gasteiger partial charge in [-0.15, -0.1) is 0 Å². The van der Waals surface area contributed by atoms with Gasteiger partial charge in [0.05, 0.1) is 19.2 Å². The first kappa shape index (κ1) is 11.7. The lowest BCUT2D eigenvalue weighted by atomic mass is 10.4. The van der Waals surface area contributed by atoms with E-state index in [1.54, 1.807) is 12.7 Å². The average molecular weight is 260 g/mol. The fourth-order valence-electron chi connectivity index (χ4n) is 2.03. The molecule has 19 heavy (non-hydrogen) atoms. The summed E-state index contributed by atoms with van der Waals surface area (Å²) in [7, 11) is 0. The molecule has 3 heterocycles. The van der Waals surface area contributed by atoms with Crippen LogP contribution in [0.5, 0.6) is 0 Å². The molecule has 1 aliphatic heterocycles.